The molecule has 4 nitrogen and oxygen atoms in total. The number of aliphatic hydroxyl groups is 1. The molecule has 3 unspecified atom stereocenters. The van der Waals surface area contributed by atoms with Crippen molar-refractivity contribution in [3.8, 4) is 0 Å². The molecular formula is C14H14F10O4. The minimum absolute atomic E-state index is 0.122. The van der Waals surface area contributed by atoms with Crippen LogP contribution in [0.2, 0.25) is 0 Å². The molecule has 28 heavy (non-hydrogen) atoms. The number of ether oxygens (including phenoxy) is 2. The third kappa shape index (κ3) is 2.95. The number of hydrogen-bond acceptors (Lipinski definition) is 4. The molecule has 1 saturated heterocycles. The van der Waals surface area contributed by atoms with Crippen LogP contribution < -0.4 is 0 Å². The predicted octanol–water partition coefficient (Wildman–Crippen LogP) is 4.13. The molecule has 0 aromatic carbocycles. The molecule has 164 valence electrons. The van der Waals surface area contributed by atoms with Gasteiger partial charge in [-0.05, 0) is 20.3 Å². The molecule has 0 aromatic heterocycles. The van der Waals surface area contributed by atoms with Crippen molar-refractivity contribution in [3.05, 3.63) is 12.2 Å². The van der Waals surface area contributed by atoms with Crippen LogP contribution in [-0.2, 0) is 14.3 Å². The number of halogens is 10. The maximum atomic E-state index is 14.8. The quantitative estimate of drug-likeness (QED) is 0.411. The van der Waals surface area contributed by atoms with Crippen LogP contribution in [0.5, 0.6) is 0 Å². The Morgan fingerprint density at radius 3 is 1.79 bits per heavy atom. The highest BCUT2D eigenvalue weighted by Crippen LogP contribution is 2.64. The Bertz CT molecular complexity index is 666. The fourth-order valence-corrected chi connectivity index (χ4v) is 2.70. The molecule has 0 radical (unpaired) electrons. The lowest BCUT2D eigenvalue weighted by Crippen LogP contribution is -2.84. The number of rotatable bonds is 3. The number of carbonyl (C=O) groups is 1. The molecular weight excluding hydrogens is 422 g/mol. The first kappa shape index (κ1) is 24.5. The first-order valence-electron chi connectivity index (χ1n) is 7.30. The second-order valence-corrected chi connectivity index (χ2v) is 6.31. The molecule has 14 heteroatoms. The van der Waals surface area contributed by atoms with E-state index in [1.807, 2.05) is 0 Å². The van der Waals surface area contributed by atoms with E-state index in [9.17, 15) is 53.8 Å². The molecule has 1 heterocycles. The van der Waals surface area contributed by atoms with Gasteiger partial charge in [0.1, 0.15) is 5.57 Å². The zero-order valence-corrected chi connectivity index (χ0v) is 14.4. The predicted molar refractivity (Wildman–Crippen MR) is 70.4 cm³/mol. The summed E-state index contributed by atoms with van der Waals surface area (Å²) in [4.78, 5) is 11.6. The third-order valence-corrected chi connectivity index (χ3v) is 4.49. The van der Waals surface area contributed by atoms with Crippen molar-refractivity contribution in [2.24, 2.45) is 0 Å². The van der Waals surface area contributed by atoms with Crippen molar-refractivity contribution in [2.75, 3.05) is 0 Å². The van der Waals surface area contributed by atoms with Gasteiger partial charge in [0.15, 0.2) is 0 Å². The molecule has 1 rings (SSSR count). The van der Waals surface area contributed by atoms with Gasteiger partial charge in [-0.3, -0.25) is 0 Å². The molecule has 0 saturated carbocycles. The summed E-state index contributed by atoms with van der Waals surface area (Å²) in [7, 11) is 0. The largest absolute Gasteiger partial charge is 0.442 e. The second-order valence-electron chi connectivity index (χ2n) is 6.31. The van der Waals surface area contributed by atoms with Crippen molar-refractivity contribution in [1.29, 1.82) is 0 Å². The number of alkyl halides is 10. The Labute approximate surface area is 151 Å². The SMILES string of the molecule is C=C(C(=O)OC1(CC)C(F)(F)C(C)(O)OC(C)(C(F)(F)F)C1(F)F)C(F)(F)F. The van der Waals surface area contributed by atoms with E-state index in [2.05, 4.69) is 16.1 Å². The third-order valence-electron chi connectivity index (χ3n) is 4.49. The summed E-state index contributed by atoms with van der Waals surface area (Å²) in [6, 6.07) is 0. The van der Waals surface area contributed by atoms with E-state index >= 15 is 0 Å². The van der Waals surface area contributed by atoms with Crippen molar-refractivity contribution in [1.82, 2.24) is 0 Å². The fraction of sp³-hybridized carbons (Fsp3) is 0.786. The Balaban J connectivity index is 3.79. The summed E-state index contributed by atoms with van der Waals surface area (Å²) in [6.45, 7) is 2.04. The number of carbonyl (C=O) groups excluding carboxylic acids is 1. The smallest absolute Gasteiger partial charge is 0.423 e. The summed E-state index contributed by atoms with van der Waals surface area (Å²) < 4.78 is 144. The van der Waals surface area contributed by atoms with Gasteiger partial charge < -0.3 is 14.6 Å². The van der Waals surface area contributed by atoms with Gasteiger partial charge in [-0.25, -0.2) is 4.79 Å². The van der Waals surface area contributed by atoms with Crippen LogP contribution in [0, 0.1) is 0 Å². The minimum Gasteiger partial charge on any atom is -0.442 e. The van der Waals surface area contributed by atoms with Gasteiger partial charge in [-0.15, -0.1) is 0 Å². The van der Waals surface area contributed by atoms with Crippen LogP contribution in [0.3, 0.4) is 0 Å². The molecule has 1 aliphatic rings. The van der Waals surface area contributed by atoms with Gasteiger partial charge in [0.2, 0.25) is 17.0 Å². The van der Waals surface area contributed by atoms with E-state index in [0.29, 0.717) is 6.92 Å². The molecule has 0 bridgehead atoms. The average molecular weight is 436 g/mol. The Morgan fingerprint density at radius 2 is 1.46 bits per heavy atom. The highest BCUT2D eigenvalue weighted by atomic mass is 19.4. The van der Waals surface area contributed by atoms with Crippen molar-refractivity contribution >= 4 is 5.97 Å². The fourth-order valence-electron chi connectivity index (χ4n) is 2.70. The molecule has 0 aliphatic carbocycles. The van der Waals surface area contributed by atoms with Crippen LogP contribution >= 0.6 is 0 Å². The zero-order chi connectivity index (χ0) is 22.8. The Hall–Kier alpha value is -1.57. The van der Waals surface area contributed by atoms with Crippen molar-refractivity contribution in [2.45, 2.75) is 68.4 Å². The van der Waals surface area contributed by atoms with Gasteiger partial charge in [0.25, 0.3) is 0 Å². The van der Waals surface area contributed by atoms with Crippen LogP contribution in [-0.4, -0.2) is 52.3 Å². The van der Waals surface area contributed by atoms with E-state index in [1.54, 1.807) is 0 Å². The number of esters is 1. The first-order chi connectivity index (χ1) is 12.1. The van der Waals surface area contributed by atoms with Gasteiger partial charge in [-0.2, -0.15) is 43.9 Å². The summed E-state index contributed by atoms with van der Waals surface area (Å²) in [5.74, 6) is -18.5. The highest BCUT2D eigenvalue weighted by Gasteiger charge is 2.90. The lowest BCUT2D eigenvalue weighted by molar-refractivity contribution is -0.512. The van der Waals surface area contributed by atoms with Gasteiger partial charge in [0, 0.05) is 0 Å². The summed E-state index contributed by atoms with van der Waals surface area (Å²) >= 11 is 0. The van der Waals surface area contributed by atoms with E-state index in [4.69, 9.17) is 0 Å². The molecule has 3 atom stereocenters. The van der Waals surface area contributed by atoms with E-state index in [-0.39, 0.29) is 6.92 Å². The number of hydrogen-bond donors (Lipinski definition) is 1. The molecule has 1 N–H and O–H groups in total. The minimum atomic E-state index is -6.12. The maximum absolute atomic E-state index is 14.8. The van der Waals surface area contributed by atoms with Gasteiger partial charge in [0.05, 0.1) is 0 Å². The Kier molecular flexibility index (Phi) is 5.43. The first-order valence-corrected chi connectivity index (χ1v) is 7.30. The molecule has 0 spiro atoms. The second kappa shape index (κ2) is 6.21. The van der Waals surface area contributed by atoms with Crippen LogP contribution in [0.25, 0.3) is 0 Å². The Morgan fingerprint density at radius 1 is 1.04 bits per heavy atom. The average Bonchev–Trinajstić information content (AvgIpc) is 2.47. The standard InChI is InChI=1S/C14H14F10O4/c1-5-10(27-7(25)6(2)11(15,16)17)12(18,19)8(3,14(22,23)24)28-9(4,26)13(10,20)21/h26H,2,5H2,1,3-4H3. The van der Waals surface area contributed by atoms with E-state index in [0.717, 1.165) is 0 Å². The van der Waals surface area contributed by atoms with E-state index < -0.39 is 66.1 Å². The summed E-state index contributed by atoms with van der Waals surface area (Å²) in [5.41, 5.74) is -12.2. The van der Waals surface area contributed by atoms with Gasteiger partial charge in [-0.1, -0.05) is 13.5 Å². The summed E-state index contributed by atoms with van der Waals surface area (Å²) in [5, 5.41) is 9.67. The maximum Gasteiger partial charge on any atom is 0.423 e. The van der Waals surface area contributed by atoms with E-state index in [1.165, 1.54) is 0 Å². The highest BCUT2D eigenvalue weighted by molar-refractivity contribution is 5.89. The molecule has 1 fully saturated rings. The topological polar surface area (TPSA) is 55.8 Å². The normalized spacial score (nSPS) is 35.4. The van der Waals surface area contributed by atoms with Crippen LogP contribution in [0.15, 0.2) is 12.2 Å². The lowest BCUT2D eigenvalue weighted by Gasteiger charge is -2.58. The summed E-state index contributed by atoms with van der Waals surface area (Å²) in [6.07, 6.45) is -13.6. The van der Waals surface area contributed by atoms with Crippen molar-refractivity contribution < 1.29 is 63.3 Å². The monoisotopic (exact) mass is 436 g/mol. The van der Waals surface area contributed by atoms with Crippen LogP contribution in [0.4, 0.5) is 43.9 Å². The van der Waals surface area contributed by atoms with Crippen LogP contribution in [0.1, 0.15) is 27.2 Å². The lowest BCUT2D eigenvalue weighted by atomic mass is 9.71. The zero-order valence-electron chi connectivity index (χ0n) is 14.4. The molecule has 0 amide bonds. The van der Waals surface area contributed by atoms with Crippen molar-refractivity contribution in [3.63, 3.8) is 0 Å². The molecule has 0 aromatic rings. The van der Waals surface area contributed by atoms with Gasteiger partial charge >= 0.3 is 30.2 Å². The molecule has 1 aliphatic heterocycles.